The molecule has 5 heterocycles. The minimum absolute atomic E-state index is 0.0591. The second kappa shape index (κ2) is 7.72. The summed E-state index contributed by atoms with van der Waals surface area (Å²) in [6, 6.07) is 2.50. The zero-order valence-electron chi connectivity index (χ0n) is 16.6. The quantitative estimate of drug-likeness (QED) is 0.678. The summed E-state index contributed by atoms with van der Waals surface area (Å²) in [7, 11) is 0. The van der Waals surface area contributed by atoms with E-state index in [1.54, 1.807) is 10.7 Å². The van der Waals surface area contributed by atoms with E-state index in [1.165, 1.54) is 6.07 Å². The maximum absolute atomic E-state index is 12.7. The van der Waals surface area contributed by atoms with E-state index in [2.05, 4.69) is 25.0 Å². The Bertz CT molecular complexity index is 1130. The molecule has 11 heteroatoms. The van der Waals surface area contributed by atoms with E-state index in [-0.39, 0.29) is 17.4 Å². The van der Waals surface area contributed by atoms with Gasteiger partial charge in [0.2, 0.25) is 0 Å². The molecule has 5 rings (SSSR count). The zero-order valence-corrected chi connectivity index (χ0v) is 16.6. The van der Waals surface area contributed by atoms with Gasteiger partial charge in [0.1, 0.15) is 11.6 Å². The van der Waals surface area contributed by atoms with Gasteiger partial charge in [0, 0.05) is 50.0 Å². The summed E-state index contributed by atoms with van der Waals surface area (Å²) in [5, 5.41) is 4.60. The highest BCUT2D eigenvalue weighted by Crippen LogP contribution is 2.31. The van der Waals surface area contributed by atoms with Crippen molar-refractivity contribution >= 4 is 5.52 Å². The van der Waals surface area contributed by atoms with Gasteiger partial charge in [0.05, 0.1) is 18.3 Å². The summed E-state index contributed by atoms with van der Waals surface area (Å²) in [4.78, 5) is 25.8. The Morgan fingerprint density at radius 2 is 1.87 bits per heavy atom. The van der Waals surface area contributed by atoms with Crippen molar-refractivity contribution in [2.24, 2.45) is 0 Å². The monoisotopic (exact) mass is 434 g/mol. The second-order valence-electron chi connectivity index (χ2n) is 8.06. The summed E-state index contributed by atoms with van der Waals surface area (Å²) in [5.41, 5.74) is 0.0683. The molecule has 31 heavy (non-hydrogen) atoms. The van der Waals surface area contributed by atoms with Crippen LogP contribution >= 0.6 is 0 Å². The van der Waals surface area contributed by atoms with Gasteiger partial charge in [-0.25, -0.2) is 9.50 Å². The number of rotatable bonds is 4. The van der Waals surface area contributed by atoms with Crippen LogP contribution in [0.5, 0.6) is 0 Å². The smallest absolute Gasteiger partial charge is 0.381 e. The molecule has 2 aliphatic rings. The number of alkyl halides is 3. The predicted molar refractivity (Wildman–Crippen MR) is 104 cm³/mol. The van der Waals surface area contributed by atoms with Crippen LogP contribution in [0.15, 0.2) is 29.3 Å². The lowest BCUT2D eigenvalue weighted by Gasteiger charge is -2.38. The van der Waals surface area contributed by atoms with Crippen LogP contribution in [0.1, 0.15) is 47.6 Å². The highest BCUT2D eigenvalue weighted by molar-refractivity contribution is 5.42. The van der Waals surface area contributed by atoms with E-state index >= 15 is 0 Å². The van der Waals surface area contributed by atoms with Crippen LogP contribution in [-0.4, -0.2) is 55.8 Å². The van der Waals surface area contributed by atoms with E-state index < -0.39 is 11.7 Å². The third-order valence-corrected chi connectivity index (χ3v) is 5.92. The van der Waals surface area contributed by atoms with Crippen LogP contribution < -0.4 is 5.56 Å². The van der Waals surface area contributed by atoms with E-state index in [0.717, 1.165) is 30.9 Å². The van der Waals surface area contributed by atoms with Crippen molar-refractivity contribution in [3.8, 4) is 0 Å². The Morgan fingerprint density at radius 1 is 1.10 bits per heavy atom. The molecule has 0 bridgehead atoms. The van der Waals surface area contributed by atoms with Gasteiger partial charge in [-0.1, -0.05) is 0 Å². The minimum atomic E-state index is -4.38. The number of halogens is 3. The largest absolute Gasteiger partial charge is 0.417 e. The number of pyridine rings is 1. The molecule has 3 aromatic heterocycles. The topological polar surface area (TPSA) is 88.4 Å². The van der Waals surface area contributed by atoms with Crippen molar-refractivity contribution in [3.05, 3.63) is 57.8 Å². The van der Waals surface area contributed by atoms with Crippen LogP contribution in [0, 0.1) is 0 Å². The van der Waals surface area contributed by atoms with E-state index in [0.29, 0.717) is 49.9 Å². The molecule has 0 unspecified atom stereocenters. The zero-order chi connectivity index (χ0) is 21.6. The van der Waals surface area contributed by atoms with Gasteiger partial charge in [0.15, 0.2) is 5.52 Å². The van der Waals surface area contributed by atoms with Gasteiger partial charge < -0.3 is 9.72 Å². The number of hydrogen-bond acceptors (Lipinski definition) is 6. The van der Waals surface area contributed by atoms with Crippen LogP contribution in [0.3, 0.4) is 0 Å². The van der Waals surface area contributed by atoms with Crippen molar-refractivity contribution in [3.63, 3.8) is 0 Å². The lowest BCUT2D eigenvalue weighted by molar-refractivity contribution is -0.137. The van der Waals surface area contributed by atoms with Crippen molar-refractivity contribution in [1.29, 1.82) is 0 Å². The third kappa shape index (κ3) is 3.94. The maximum Gasteiger partial charge on any atom is 0.417 e. The lowest BCUT2D eigenvalue weighted by atomic mass is 9.95. The Morgan fingerprint density at radius 3 is 2.55 bits per heavy atom. The van der Waals surface area contributed by atoms with Gasteiger partial charge in [0.25, 0.3) is 5.56 Å². The molecule has 0 atom stereocenters. The molecule has 0 saturated carbocycles. The first kappa shape index (κ1) is 20.1. The number of likely N-dealkylation sites (tertiary alicyclic amines) is 1. The first-order valence-corrected chi connectivity index (χ1v) is 10.2. The van der Waals surface area contributed by atoms with Crippen molar-refractivity contribution < 1.29 is 17.9 Å². The van der Waals surface area contributed by atoms with Crippen LogP contribution in [0.25, 0.3) is 5.52 Å². The molecule has 0 aliphatic carbocycles. The minimum Gasteiger partial charge on any atom is -0.381 e. The highest BCUT2D eigenvalue weighted by Gasteiger charge is 2.33. The Balaban J connectivity index is 1.28. The van der Waals surface area contributed by atoms with E-state index in [4.69, 9.17) is 4.74 Å². The summed E-state index contributed by atoms with van der Waals surface area (Å²) in [6.45, 7) is 3.05. The number of H-pyrrole nitrogens is 1. The van der Waals surface area contributed by atoms with Gasteiger partial charge >= 0.3 is 6.18 Å². The summed E-state index contributed by atoms with van der Waals surface area (Å²) < 4.78 is 45.1. The molecule has 0 radical (unpaired) electrons. The Labute approximate surface area is 175 Å². The normalized spacial score (nSPS) is 19.1. The average molecular weight is 434 g/mol. The summed E-state index contributed by atoms with van der Waals surface area (Å²) in [5.74, 6) is 1.57. The van der Waals surface area contributed by atoms with E-state index in [1.807, 2.05) is 0 Å². The molecule has 1 N–H and O–H groups in total. The molecule has 0 spiro atoms. The molecule has 2 saturated heterocycles. The summed E-state index contributed by atoms with van der Waals surface area (Å²) >= 11 is 0. The SMILES string of the molecule is O=c1[nH]c(CN2CC(c3ccc(C(F)(F)F)cn3)C2)nn2c(C3CCOCC3)ncc12. The first-order valence-electron chi connectivity index (χ1n) is 10.2. The molecule has 2 aliphatic heterocycles. The number of ether oxygens (including phenoxy) is 1. The van der Waals surface area contributed by atoms with E-state index in [9.17, 15) is 18.0 Å². The molecular formula is C20H21F3N6O2. The predicted octanol–water partition coefficient (Wildman–Crippen LogP) is 2.32. The van der Waals surface area contributed by atoms with Crippen molar-refractivity contribution in [2.75, 3.05) is 26.3 Å². The average Bonchev–Trinajstić information content (AvgIpc) is 3.15. The number of fused-ring (bicyclic) bond motifs is 1. The molecule has 0 amide bonds. The molecule has 164 valence electrons. The van der Waals surface area contributed by atoms with Crippen molar-refractivity contribution in [2.45, 2.75) is 37.4 Å². The van der Waals surface area contributed by atoms with Gasteiger partial charge in [-0.05, 0) is 25.0 Å². The van der Waals surface area contributed by atoms with Crippen LogP contribution in [-0.2, 0) is 17.5 Å². The Hall–Kier alpha value is -2.79. The number of hydrogen-bond donors (Lipinski definition) is 1. The fourth-order valence-electron chi connectivity index (χ4n) is 4.18. The molecule has 0 aromatic carbocycles. The number of nitrogens with one attached hydrogen (secondary N) is 1. The van der Waals surface area contributed by atoms with Crippen LogP contribution in [0.4, 0.5) is 13.2 Å². The molecule has 3 aromatic rings. The molecular weight excluding hydrogens is 413 g/mol. The number of aromatic nitrogens is 5. The second-order valence-corrected chi connectivity index (χ2v) is 8.06. The fourth-order valence-corrected chi connectivity index (χ4v) is 4.18. The molecule has 8 nitrogen and oxygen atoms in total. The standard InChI is InChI=1S/C20H21F3N6O2/c21-20(22,23)14-1-2-15(24-7-14)13-9-28(10-13)11-17-26-19(30)16-8-25-18(29(16)27-17)12-3-5-31-6-4-12/h1-2,7-8,12-13H,3-6,9-11H2,(H,26,27,30). The first-order chi connectivity index (χ1) is 14.9. The fraction of sp³-hybridized carbons (Fsp3) is 0.500. The Kier molecular flexibility index (Phi) is 5.01. The summed E-state index contributed by atoms with van der Waals surface area (Å²) in [6.07, 6.45) is -0.268. The van der Waals surface area contributed by atoms with Gasteiger partial charge in [-0.3, -0.25) is 14.7 Å². The number of imidazole rings is 1. The van der Waals surface area contributed by atoms with Crippen molar-refractivity contribution in [1.82, 2.24) is 29.5 Å². The highest BCUT2D eigenvalue weighted by atomic mass is 19.4. The number of nitrogens with zero attached hydrogens (tertiary/aromatic N) is 5. The lowest BCUT2D eigenvalue weighted by Crippen LogP contribution is -2.45. The van der Waals surface area contributed by atoms with Gasteiger partial charge in [-0.2, -0.15) is 18.3 Å². The molecule has 2 fully saturated rings. The van der Waals surface area contributed by atoms with Gasteiger partial charge in [-0.15, -0.1) is 0 Å². The van der Waals surface area contributed by atoms with Crippen LogP contribution in [0.2, 0.25) is 0 Å². The number of aromatic amines is 1. The third-order valence-electron chi connectivity index (χ3n) is 5.92. The maximum atomic E-state index is 12.7.